The minimum absolute atomic E-state index is 0.00234. The topological polar surface area (TPSA) is 70.7 Å². The maximum atomic E-state index is 11.8. The smallest absolute Gasteiger partial charge is 0.252 e. The van der Waals surface area contributed by atoms with Gasteiger partial charge < -0.3 is 5.32 Å². The van der Waals surface area contributed by atoms with Gasteiger partial charge in [0.15, 0.2) is 5.82 Å². The Morgan fingerprint density at radius 2 is 2.11 bits per heavy atom. The number of amides is 1. The summed E-state index contributed by atoms with van der Waals surface area (Å²) < 4.78 is 0. The summed E-state index contributed by atoms with van der Waals surface area (Å²) in [5, 5.41) is 10.2. The quantitative estimate of drug-likeness (QED) is 0.876. The molecule has 2 aliphatic rings. The van der Waals surface area contributed by atoms with E-state index < -0.39 is 0 Å². The number of rotatable bonds is 3. The number of benzene rings is 1. The zero-order valence-electron chi connectivity index (χ0n) is 10.4. The van der Waals surface area contributed by atoms with Crippen molar-refractivity contribution >= 4 is 5.91 Å². The third-order valence-electron chi connectivity index (χ3n) is 3.78. The van der Waals surface area contributed by atoms with Crippen molar-refractivity contribution in [2.75, 3.05) is 0 Å². The van der Waals surface area contributed by atoms with Crippen molar-refractivity contribution in [3.63, 3.8) is 0 Å². The number of aromatic amines is 1. The Labute approximate surface area is 110 Å². The monoisotopic (exact) mass is 254 g/mol. The highest BCUT2D eigenvalue weighted by Crippen LogP contribution is 2.38. The van der Waals surface area contributed by atoms with Crippen molar-refractivity contribution in [3.05, 3.63) is 47.0 Å². The molecule has 2 N–H and O–H groups in total. The van der Waals surface area contributed by atoms with Gasteiger partial charge in [-0.05, 0) is 24.5 Å². The SMILES string of the molecule is O=C1NC(Cc2nc(C3CC3)n[nH]2)c2ccccc21. The van der Waals surface area contributed by atoms with E-state index in [9.17, 15) is 4.79 Å². The van der Waals surface area contributed by atoms with E-state index >= 15 is 0 Å². The standard InChI is InChI=1S/C14H14N4O/c19-14-10-4-2-1-3-9(10)11(15-14)7-12-16-13(18-17-12)8-5-6-8/h1-4,8,11H,5-7H2,(H,15,19)(H,16,17,18). The molecule has 96 valence electrons. The summed E-state index contributed by atoms with van der Waals surface area (Å²) in [6.45, 7) is 0. The van der Waals surface area contributed by atoms with Crippen LogP contribution in [0.25, 0.3) is 0 Å². The van der Waals surface area contributed by atoms with Crippen LogP contribution in [-0.2, 0) is 6.42 Å². The van der Waals surface area contributed by atoms with Crippen molar-refractivity contribution in [2.45, 2.75) is 31.2 Å². The largest absolute Gasteiger partial charge is 0.345 e. The summed E-state index contributed by atoms with van der Waals surface area (Å²) in [4.78, 5) is 16.3. The van der Waals surface area contributed by atoms with Crippen molar-refractivity contribution < 1.29 is 4.79 Å². The maximum absolute atomic E-state index is 11.8. The Morgan fingerprint density at radius 3 is 2.95 bits per heavy atom. The number of aromatic nitrogens is 3. The predicted octanol–water partition coefficient (Wildman–Crippen LogP) is 1.71. The van der Waals surface area contributed by atoms with Crippen LogP contribution in [0.3, 0.4) is 0 Å². The van der Waals surface area contributed by atoms with Crippen LogP contribution in [0.1, 0.15) is 52.4 Å². The summed E-state index contributed by atoms with van der Waals surface area (Å²) in [5.74, 6) is 2.33. The van der Waals surface area contributed by atoms with Crippen molar-refractivity contribution in [2.24, 2.45) is 0 Å². The number of carbonyl (C=O) groups is 1. The summed E-state index contributed by atoms with van der Waals surface area (Å²) in [5.41, 5.74) is 1.83. The maximum Gasteiger partial charge on any atom is 0.252 e. The zero-order chi connectivity index (χ0) is 12.8. The molecule has 0 spiro atoms. The Balaban J connectivity index is 1.58. The van der Waals surface area contributed by atoms with Gasteiger partial charge in [0.1, 0.15) is 5.82 Å². The van der Waals surface area contributed by atoms with Gasteiger partial charge in [-0.1, -0.05) is 18.2 Å². The van der Waals surface area contributed by atoms with Gasteiger partial charge in [0.2, 0.25) is 0 Å². The van der Waals surface area contributed by atoms with E-state index in [1.54, 1.807) is 0 Å². The number of hydrogen-bond acceptors (Lipinski definition) is 3. The number of H-pyrrole nitrogens is 1. The molecule has 5 nitrogen and oxygen atoms in total. The third kappa shape index (κ3) is 1.82. The zero-order valence-corrected chi connectivity index (χ0v) is 10.4. The van der Waals surface area contributed by atoms with Gasteiger partial charge >= 0.3 is 0 Å². The van der Waals surface area contributed by atoms with Gasteiger partial charge in [-0.15, -0.1) is 0 Å². The van der Waals surface area contributed by atoms with Gasteiger partial charge in [-0.25, -0.2) is 4.98 Å². The second-order valence-electron chi connectivity index (χ2n) is 5.23. The fraction of sp³-hybridized carbons (Fsp3) is 0.357. The predicted molar refractivity (Wildman–Crippen MR) is 68.7 cm³/mol. The summed E-state index contributed by atoms with van der Waals surface area (Å²) in [6, 6.07) is 7.71. The Kier molecular flexibility index (Phi) is 2.21. The molecule has 5 heteroatoms. The molecule has 19 heavy (non-hydrogen) atoms. The molecule has 1 amide bonds. The minimum atomic E-state index is 0.00234. The summed E-state index contributed by atoms with van der Waals surface area (Å²) in [6.07, 6.45) is 3.06. The fourth-order valence-electron chi connectivity index (χ4n) is 2.60. The Bertz CT molecular complexity index is 644. The molecular weight excluding hydrogens is 240 g/mol. The molecule has 1 aromatic heterocycles. The van der Waals surface area contributed by atoms with E-state index in [1.807, 2.05) is 24.3 Å². The summed E-state index contributed by atoms with van der Waals surface area (Å²) in [7, 11) is 0. The number of nitrogens with zero attached hydrogens (tertiary/aromatic N) is 2. The normalized spacial score (nSPS) is 21.3. The van der Waals surface area contributed by atoms with Gasteiger partial charge in [-0.2, -0.15) is 5.10 Å². The molecule has 0 bridgehead atoms. The molecule has 1 aliphatic carbocycles. The Hall–Kier alpha value is -2.17. The molecule has 1 atom stereocenters. The number of carbonyl (C=O) groups excluding carboxylic acids is 1. The second-order valence-corrected chi connectivity index (χ2v) is 5.23. The van der Waals surface area contributed by atoms with Crippen LogP contribution in [0.5, 0.6) is 0 Å². The van der Waals surface area contributed by atoms with Crippen LogP contribution in [0.2, 0.25) is 0 Å². The molecule has 2 heterocycles. The van der Waals surface area contributed by atoms with Crippen molar-refractivity contribution in [1.29, 1.82) is 0 Å². The van der Waals surface area contributed by atoms with E-state index in [2.05, 4.69) is 20.5 Å². The van der Waals surface area contributed by atoms with Crippen LogP contribution >= 0.6 is 0 Å². The third-order valence-corrected chi connectivity index (χ3v) is 3.78. The van der Waals surface area contributed by atoms with Crippen LogP contribution in [0.4, 0.5) is 0 Å². The lowest BCUT2D eigenvalue weighted by Gasteiger charge is -2.08. The van der Waals surface area contributed by atoms with Crippen molar-refractivity contribution in [1.82, 2.24) is 20.5 Å². The first-order valence-corrected chi connectivity index (χ1v) is 6.62. The number of fused-ring (bicyclic) bond motifs is 1. The van der Waals surface area contributed by atoms with Crippen LogP contribution in [0.15, 0.2) is 24.3 Å². The van der Waals surface area contributed by atoms with Crippen LogP contribution in [0, 0.1) is 0 Å². The molecule has 1 aliphatic heterocycles. The Morgan fingerprint density at radius 1 is 1.26 bits per heavy atom. The highest BCUT2D eigenvalue weighted by molar-refractivity contribution is 5.99. The van der Waals surface area contributed by atoms with Crippen LogP contribution in [-0.4, -0.2) is 21.1 Å². The fourth-order valence-corrected chi connectivity index (χ4v) is 2.60. The molecular formula is C14H14N4O. The van der Waals surface area contributed by atoms with Crippen LogP contribution < -0.4 is 5.32 Å². The van der Waals surface area contributed by atoms with E-state index in [-0.39, 0.29) is 11.9 Å². The number of nitrogens with one attached hydrogen (secondary N) is 2. The van der Waals surface area contributed by atoms with E-state index in [0.29, 0.717) is 12.3 Å². The minimum Gasteiger partial charge on any atom is -0.345 e. The molecule has 1 unspecified atom stereocenters. The van der Waals surface area contributed by atoms with Gasteiger partial charge in [0.05, 0.1) is 6.04 Å². The average molecular weight is 254 g/mol. The van der Waals surface area contributed by atoms with Gasteiger partial charge in [0, 0.05) is 17.9 Å². The molecule has 0 saturated heterocycles. The first-order chi connectivity index (χ1) is 9.31. The highest BCUT2D eigenvalue weighted by Gasteiger charge is 2.31. The molecule has 2 aromatic rings. The lowest BCUT2D eigenvalue weighted by molar-refractivity contribution is 0.0956. The van der Waals surface area contributed by atoms with Gasteiger partial charge in [0.25, 0.3) is 5.91 Å². The van der Waals surface area contributed by atoms with E-state index in [0.717, 1.165) is 22.8 Å². The molecule has 4 rings (SSSR count). The van der Waals surface area contributed by atoms with Gasteiger partial charge in [-0.3, -0.25) is 9.89 Å². The molecule has 1 saturated carbocycles. The lowest BCUT2D eigenvalue weighted by Crippen LogP contribution is -2.21. The second kappa shape index (κ2) is 3.91. The molecule has 1 fully saturated rings. The first-order valence-electron chi connectivity index (χ1n) is 6.62. The van der Waals surface area contributed by atoms with Crippen molar-refractivity contribution in [3.8, 4) is 0 Å². The molecule has 0 radical (unpaired) electrons. The number of hydrogen-bond donors (Lipinski definition) is 2. The molecule has 1 aromatic carbocycles. The van der Waals surface area contributed by atoms with E-state index in [1.165, 1.54) is 12.8 Å². The summed E-state index contributed by atoms with van der Waals surface area (Å²) >= 11 is 0. The van der Waals surface area contributed by atoms with E-state index in [4.69, 9.17) is 0 Å². The average Bonchev–Trinajstić information content (AvgIpc) is 3.10. The highest BCUT2D eigenvalue weighted by atomic mass is 16.2. The first kappa shape index (κ1) is 10.7. The lowest BCUT2D eigenvalue weighted by atomic mass is 10.0.